The molecule has 1 unspecified atom stereocenters. The van der Waals surface area contributed by atoms with Gasteiger partial charge in [0.2, 0.25) is 5.91 Å². The second kappa shape index (κ2) is 6.66. The van der Waals surface area contributed by atoms with Gasteiger partial charge in [0, 0.05) is 19.8 Å². The number of nitrogens with two attached hydrogens (primary N) is 1. The molecule has 0 aliphatic heterocycles. The molecule has 1 aromatic rings. The Kier molecular flexibility index (Phi) is 5.48. The third-order valence-corrected chi connectivity index (χ3v) is 2.99. The maximum absolute atomic E-state index is 12.4. The summed E-state index contributed by atoms with van der Waals surface area (Å²) in [6, 6.07) is 5.72. The molecule has 2 N–H and O–H groups in total. The van der Waals surface area contributed by atoms with Gasteiger partial charge in [0.1, 0.15) is 0 Å². The standard InChI is InChI=1S/C15H25N3O/c1-15(2,3)9-12(10-16)14(19)18(4)11-13-7-5-6-8-17-13/h5-8,12H,9-11,16H2,1-4H3. The zero-order valence-electron chi connectivity index (χ0n) is 12.4. The zero-order chi connectivity index (χ0) is 14.5. The first-order chi connectivity index (χ1) is 8.83. The van der Waals surface area contributed by atoms with Crippen LogP contribution < -0.4 is 5.73 Å². The van der Waals surface area contributed by atoms with Crippen LogP contribution in [0.25, 0.3) is 0 Å². The van der Waals surface area contributed by atoms with E-state index in [0.717, 1.165) is 12.1 Å². The first-order valence-corrected chi connectivity index (χ1v) is 6.68. The lowest BCUT2D eigenvalue weighted by atomic mass is 9.84. The van der Waals surface area contributed by atoms with E-state index in [1.54, 1.807) is 11.1 Å². The monoisotopic (exact) mass is 263 g/mol. The Bertz CT molecular complexity index is 398. The van der Waals surface area contributed by atoms with E-state index in [9.17, 15) is 4.79 Å². The van der Waals surface area contributed by atoms with Crippen molar-refractivity contribution >= 4 is 5.91 Å². The first-order valence-electron chi connectivity index (χ1n) is 6.68. The summed E-state index contributed by atoms with van der Waals surface area (Å²) in [4.78, 5) is 18.3. The van der Waals surface area contributed by atoms with E-state index in [4.69, 9.17) is 5.73 Å². The van der Waals surface area contributed by atoms with Crippen molar-refractivity contribution < 1.29 is 4.79 Å². The molecule has 19 heavy (non-hydrogen) atoms. The van der Waals surface area contributed by atoms with Gasteiger partial charge in [0.25, 0.3) is 0 Å². The molecule has 4 heteroatoms. The molecule has 1 rings (SSSR count). The van der Waals surface area contributed by atoms with E-state index in [0.29, 0.717) is 13.1 Å². The molecule has 0 bridgehead atoms. The number of nitrogens with zero attached hydrogens (tertiary/aromatic N) is 2. The average Bonchev–Trinajstić information content (AvgIpc) is 2.35. The molecule has 1 aromatic heterocycles. The summed E-state index contributed by atoms with van der Waals surface area (Å²) >= 11 is 0. The third kappa shape index (κ3) is 5.39. The highest BCUT2D eigenvalue weighted by Gasteiger charge is 2.26. The molecule has 4 nitrogen and oxygen atoms in total. The van der Waals surface area contributed by atoms with Gasteiger partial charge in [-0.15, -0.1) is 0 Å². The molecule has 0 fully saturated rings. The number of rotatable bonds is 5. The second-order valence-electron chi connectivity index (χ2n) is 6.21. The molecule has 1 atom stereocenters. The SMILES string of the molecule is CN(Cc1ccccn1)C(=O)C(CN)CC(C)(C)C. The van der Waals surface area contributed by atoms with E-state index in [-0.39, 0.29) is 17.2 Å². The van der Waals surface area contributed by atoms with E-state index < -0.39 is 0 Å². The van der Waals surface area contributed by atoms with Crippen molar-refractivity contribution in [2.75, 3.05) is 13.6 Å². The second-order valence-corrected chi connectivity index (χ2v) is 6.21. The van der Waals surface area contributed by atoms with Crippen molar-refractivity contribution in [1.29, 1.82) is 0 Å². The van der Waals surface area contributed by atoms with Crippen LogP contribution >= 0.6 is 0 Å². The molecular formula is C15H25N3O. The van der Waals surface area contributed by atoms with Crippen LogP contribution in [0.2, 0.25) is 0 Å². The van der Waals surface area contributed by atoms with Crippen LogP contribution in [0.1, 0.15) is 32.9 Å². The van der Waals surface area contributed by atoms with Gasteiger partial charge in [-0.2, -0.15) is 0 Å². The fraction of sp³-hybridized carbons (Fsp3) is 0.600. The predicted octanol–water partition coefficient (Wildman–Crippen LogP) is 2.05. The Labute approximate surface area is 116 Å². The molecule has 1 heterocycles. The summed E-state index contributed by atoms with van der Waals surface area (Å²) < 4.78 is 0. The highest BCUT2D eigenvalue weighted by molar-refractivity contribution is 5.78. The van der Waals surface area contributed by atoms with Crippen LogP contribution in [0.3, 0.4) is 0 Å². The van der Waals surface area contributed by atoms with Crippen molar-refractivity contribution in [3.8, 4) is 0 Å². The third-order valence-electron chi connectivity index (χ3n) is 2.99. The number of aromatic nitrogens is 1. The normalized spacial score (nSPS) is 13.1. The van der Waals surface area contributed by atoms with Crippen molar-refractivity contribution in [3.05, 3.63) is 30.1 Å². The van der Waals surface area contributed by atoms with Crippen LogP contribution in [0.5, 0.6) is 0 Å². The van der Waals surface area contributed by atoms with Gasteiger partial charge in [0.05, 0.1) is 18.2 Å². The molecule has 0 saturated carbocycles. The number of amides is 1. The molecule has 1 amide bonds. The van der Waals surface area contributed by atoms with Gasteiger partial charge in [-0.05, 0) is 24.0 Å². The molecule has 0 radical (unpaired) electrons. The summed E-state index contributed by atoms with van der Waals surface area (Å²) in [5.41, 5.74) is 6.75. The van der Waals surface area contributed by atoms with Gasteiger partial charge in [-0.3, -0.25) is 9.78 Å². The molecule has 0 aliphatic rings. The fourth-order valence-electron chi connectivity index (χ4n) is 2.13. The Morgan fingerprint density at radius 3 is 2.58 bits per heavy atom. The van der Waals surface area contributed by atoms with Crippen molar-refractivity contribution in [1.82, 2.24) is 9.88 Å². The molecule has 0 spiro atoms. The van der Waals surface area contributed by atoms with E-state index >= 15 is 0 Å². The summed E-state index contributed by atoms with van der Waals surface area (Å²) in [5.74, 6) is -0.0169. The van der Waals surface area contributed by atoms with Crippen molar-refractivity contribution in [2.45, 2.75) is 33.7 Å². The summed E-state index contributed by atoms with van der Waals surface area (Å²) in [6.45, 7) is 7.30. The molecule has 0 saturated heterocycles. The predicted molar refractivity (Wildman–Crippen MR) is 77.3 cm³/mol. The number of carbonyl (C=O) groups excluding carboxylic acids is 1. The van der Waals surface area contributed by atoms with Gasteiger partial charge in [-0.25, -0.2) is 0 Å². The number of carbonyl (C=O) groups is 1. The lowest BCUT2D eigenvalue weighted by Crippen LogP contribution is -2.38. The van der Waals surface area contributed by atoms with Crippen LogP contribution in [-0.2, 0) is 11.3 Å². The van der Waals surface area contributed by atoms with Crippen LogP contribution in [0, 0.1) is 11.3 Å². The highest BCUT2D eigenvalue weighted by Crippen LogP contribution is 2.25. The smallest absolute Gasteiger partial charge is 0.227 e. The van der Waals surface area contributed by atoms with Crippen LogP contribution in [0.4, 0.5) is 0 Å². The molecule has 0 aliphatic carbocycles. The van der Waals surface area contributed by atoms with E-state index in [1.165, 1.54) is 0 Å². The van der Waals surface area contributed by atoms with Gasteiger partial charge < -0.3 is 10.6 Å². The maximum atomic E-state index is 12.4. The zero-order valence-corrected chi connectivity index (χ0v) is 12.4. The Morgan fingerprint density at radius 1 is 1.42 bits per heavy atom. The van der Waals surface area contributed by atoms with Gasteiger partial charge in [-0.1, -0.05) is 26.8 Å². The minimum atomic E-state index is -0.117. The summed E-state index contributed by atoms with van der Waals surface area (Å²) in [6.07, 6.45) is 2.54. The maximum Gasteiger partial charge on any atom is 0.227 e. The fourth-order valence-corrected chi connectivity index (χ4v) is 2.13. The quantitative estimate of drug-likeness (QED) is 0.884. The Balaban J connectivity index is 2.64. The lowest BCUT2D eigenvalue weighted by Gasteiger charge is -2.28. The summed E-state index contributed by atoms with van der Waals surface area (Å²) in [7, 11) is 1.81. The Hall–Kier alpha value is -1.42. The van der Waals surface area contributed by atoms with Crippen molar-refractivity contribution in [2.24, 2.45) is 17.1 Å². The Morgan fingerprint density at radius 2 is 2.11 bits per heavy atom. The topological polar surface area (TPSA) is 59.2 Å². The van der Waals surface area contributed by atoms with Gasteiger partial charge >= 0.3 is 0 Å². The highest BCUT2D eigenvalue weighted by atomic mass is 16.2. The first kappa shape index (κ1) is 15.6. The number of hydrogen-bond donors (Lipinski definition) is 1. The minimum absolute atomic E-state index is 0.100. The lowest BCUT2D eigenvalue weighted by molar-refractivity contribution is -0.135. The molecular weight excluding hydrogens is 238 g/mol. The largest absolute Gasteiger partial charge is 0.340 e. The summed E-state index contributed by atoms with van der Waals surface area (Å²) in [5, 5.41) is 0. The van der Waals surface area contributed by atoms with E-state index in [1.807, 2.05) is 25.2 Å². The van der Waals surface area contributed by atoms with Crippen LogP contribution in [0.15, 0.2) is 24.4 Å². The molecule has 0 aromatic carbocycles. The van der Waals surface area contributed by atoms with Gasteiger partial charge in [0.15, 0.2) is 0 Å². The number of hydrogen-bond acceptors (Lipinski definition) is 3. The van der Waals surface area contributed by atoms with Crippen molar-refractivity contribution in [3.63, 3.8) is 0 Å². The average molecular weight is 263 g/mol. The molecule has 106 valence electrons. The van der Waals surface area contributed by atoms with Crippen LogP contribution in [-0.4, -0.2) is 29.4 Å². The minimum Gasteiger partial charge on any atom is -0.340 e. The van der Waals surface area contributed by atoms with E-state index in [2.05, 4.69) is 25.8 Å². The number of pyridine rings is 1.